The maximum absolute atomic E-state index is 11.5. The number of hydrogen-bond donors (Lipinski definition) is 1. The molecule has 0 aromatic heterocycles. The highest BCUT2D eigenvalue weighted by molar-refractivity contribution is 6.31. The van der Waals surface area contributed by atoms with E-state index in [-0.39, 0.29) is 16.3 Å². The van der Waals surface area contributed by atoms with Crippen LogP contribution in [0.25, 0.3) is 0 Å². The number of carbonyl (C=O) groups is 1. The van der Waals surface area contributed by atoms with E-state index in [2.05, 4.69) is 4.74 Å². The van der Waals surface area contributed by atoms with Gasteiger partial charge in [0.05, 0.1) is 17.6 Å². The molecule has 0 heterocycles. The molecule has 1 aromatic rings. The van der Waals surface area contributed by atoms with Crippen molar-refractivity contribution in [2.75, 3.05) is 7.11 Å². The molecule has 1 N–H and O–H groups in total. The van der Waals surface area contributed by atoms with Gasteiger partial charge in [-0.1, -0.05) is 11.6 Å². The summed E-state index contributed by atoms with van der Waals surface area (Å²) < 4.78 is 4.53. The topological polar surface area (TPSA) is 89.7 Å². The number of benzene rings is 1. The van der Waals surface area contributed by atoms with Crippen LogP contribution in [0.5, 0.6) is 0 Å². The first-order valence-electron chi connectivity index (χ1n) is 5.25. The SMILES string of the molecule is COC(=O)/C(=C(/C)Cl)C(O)c1ccc([N+](=O)[O-])cc1. The molecule has 6 nitrogen and oxygen atoms in total. The van der Waals surface area contributed by atoms with E-state index < -0.39 is 17.0 Å². The lowest BCUT2D eigenvalue weighted by molar-refractivity contribution is -0.384. The number of non-ortho nitro benzene ring substituents is 1. The molecule has 102 valence electrons. The van der Waals surface area contributed by atoms with Crippen molar-refractivity contribution >= 4 is 23.3 Å². The second-order valence-electron chi connectivity index (χ2n) is 3.69. The van der Waals surface area contributed by atoms with Crippen molar-refractivity contribution in [1.29, 1.82) is 0 Å². The highest BCUT2D eigenvalue weighted by Crippen LogP contribution is 2.28. The van der Waals surface area contributed by atoms with E-state index in [9.17, 15) is 20.0 Å². The quantitative estimate of drug-likeness (QED) is 0.397. The van der Waals surface area contributed by atoms with Gasteiger partial charge in [0.15, 0.2) is 0 Å². The predicted octanol–water partition coefficient (Wildman–Crippen LogP) is 2.31. The minimum absolute atomic E-state index is 0.0951. The van der Waals surface area contributed by atoms with Gasteiger partial charge in [0.25, 0.3) is 5.69 Å². The molecular formula is C12H12ClNO5. The van der Waals surface area contributed by atoms with Crippen LogP contribution in [0, 0.1) is 10.1 Å². The molecule has 0 spiro atoms. The normalized spacial score (nSPS) is 13.5. The van der Waals surface area contributed by atoms with Crippen LogP contribution in [0.15, 0.2) is 34.9 Å². The van der Waals surface area contributed by atoms with Crippen molar-refractivity contribution in [3.63, 3.8) is 0 Å². The lowest BCUT2D eigenvalue weighted by atomic mass is 10.0. The molecule has 0 bridgehead atoms. The van der Waals surface area contributed by atoms with Gasteiger partial charge in [0, 0.05) is 17.2 Å². The monoisotopic (exact) mass is 285 g/mol. The van der Waals surface area contributed by atoms with Crippen LogP contribution in [0.1, 0.15) is 18.6 Å². The number of rotatable bonds is 4. The van der Waals surface area contributed by atoms with Crippen molar-refractivity contribution in [2.24, 2.45) is 0 Å². The van der Waals surface area contributed by atoms with Gasteiger partial charge in [-0.2, -0.15) is 0 Å². The Morgan fingerprint density at radius 2 is 1.95 bits per heavy atom. The second-order valence-corrected chi connectivity index (χ2v) is 4.26. The zero-order valence-corrected chi connectivity index (χ0v) is 11.0. The summed E-state index contributed by atoms with van der Waals surface area (Å²) in [6.45, 7) is 1.45. The van der Waals surface area contributed by atoms with Gasteiger partial charge in [-0.3, -0.25) is 10.1 Å². The molecule has 0 fully saturated rings. The average molecular weight is 286 g/mol. The van der Waals surface area contributed by atoms with Crippen LogP contribution in [0.3, 0.4) is 0 Å². The van der Waals surface area contributed by atoms with Gasteiger partial charge in [0.1, 0.15) is 6.10 Å². The Morgan fingerprint density at radius 3 is 2.32 bits per heavy atom. The average Bonchev–Trinajstić information content (AvgIpc) is 2.38. The first-order valence-corrected chi connectivity index (χ1v) is 5.63. The molecule has 0 aliphatic heterocycles. The minimum atomic E-state index is -1.30. The summed E-state index contributed by atoms with van der Waals surface area (Å²) in [6, 6.07) is 5.17. The van der Waals surface area contributed by atoms with Gasteiger partial charge < -0.3 is 9.84 Å². The molecule has 0 aliphatic carbocycles. The highest BCUT2D eigenvalue weighted by Gasteiger charge is 2.24. The van der Waals surface area contributed by atoms with Crippen molar-refractivity contribution in [3.05, 3.63) is 50.5 Å². The largest absolute Gasteiger partial charge is 0.466 e. The van der Waals surface area contributed by atoms with Crippen LogP contribution in [0.2, 0.25) is 0 Å². The Labute approximate surface area is 114 Å². The molecule has 1 aromatic carbocycles. The van der Waals surface area contributed by atoms with E-state index in [1.807, 2.05) is 0 Å². The van der Waals surface area contributed by atoms with Crippen LogP contribution in [-0.4, -0.2) is 23.1 Å². The number of nitro benzene ring substituents is 1. The van der Waals surface area contributed by atoms with E-state index in [0.717, 1.165) is 0 Å². The molecule has 7 heteroatoms. The van der Waals surface area contributed by atoms with Crippen LogP contribution in [-0.2, 0) is 9.53 Å². The van der Waals surface area contributed by atoms with Crippen LogP contribution >= 0.6 is 11.6 Å². The Hall–Kier alpha value is -1.92. The number of aliphatic hydroxyl groups is 1. The fourth-order valence-electron chi connectivity index (χ4n) is 1.50. The summed E-state index contributed by atoms with van der Waals surface area (Å²) in [5.74, 6) is -0.752. The predicted molar refractivity (Wildman–Crippen MR) is 68.6 cm³/mol. The minimum Gasteiger partial charge on any atom is -0.466 e. The van der Waals surface area contributed by atoms with Crippen molar-refractivity contribution in [2.45, 2.75) is 13.0 Å². The molecule has 0 amide bonds. The van der Waals surface area contributed by atoms with Crippen molar-refractivity contribution in [1.82, 2.24) is 0 Å². The number of ether oxygens (including phenoxy) is 1. The van der Waals surface area contributed by atoms with E-state index in [4.69, 9.17) is 11.6 Å². The lowest BCUT2D eigenvalue weighted by Gasteiger charge is -2.14. The Balaban J connectivity index is 3.11. The summed E-state index contributed by atoms with van der Waals surface area (Å²) in [7, 11) is 1.17. The molecule has 0 radical (unpaired) electrons. The number of nitro groups is 1. The molecule has 0 saturated carbocycles. The molecular weight excluding hydrogens is 274 g/mol. The van der Waals surface area contributed by atoms with E-state index in [1.54, 1.807) is 0 Å². The number of carbonyl (C=O) groups excluding carboxylic acids is 1. The third-order valence-corrected chi connectivity index (χ3v) is 2.67. The van der Waals surface area contributed by atoms with Crippen molar-refractivity contribution < 1.29 is 19.6 Å². The van der Waals surface area contributed by atoms with Gasteiger partial charge in [0.2, 0.25) is 0 Å². The van der Waals surface area contributed by atoms with Gasteiger partial charge >= 0.3 is 5.97 Å². The smallest absolute Gasteiger partial charge is 0.337 e. The third-order valence-electron chi connectivity index (χ3n) is 2.47. The third kappa shape index (κ3) is 3.52. The summed E-state index contributed by atoms with van der Waals surface area (Å²) in [5, 5.41) is 20.7. The number of halogens is 1. The second kappa shape index (κ2) is 6.31. The number of aliphatic hydroxyl groups excluding tert-OH is 1. The van der Waals surface area contributed by atoms with E-state index >= 15 is 0 Å². The van der Waals surface area contributed by atoms with Gasteiger partial charge in [-0.25, -0.2) is 4.79 Å². The number of allylic oxidation sites excluding steroid dienone is 1. The number of hydrogen-bond acceptors (Lipinski definition) is 5. The molecule has 0 aliphatic rings. The fraction of sp³-hybridized carbons (Fsp3) is 0.250. The Kier molecular flexibility index (Phi) is 5.02. The summed E-state index contributed by atoms with van der Waals surface area (Å²) in [5.41, 5.74) is 0.103. The molecule has 19 heavy (non-hydrogen) atoms. The van der Waals surface area contributed by atoms with Crippen LogP contribution in [0.4, 0.5) is 5.69 Å². The van der Waals surface area contributed by atoms with E-state index in [1.165, 1.54) is 38.3 Å². The summed E-state index contributed by atoms with van der Waals surface area (Å²) in [4.78, 5) is 21.5. The number of nitrogens with zero attached hydrogens (tertiary/aromatic N) is 1. The first kappa shape index (κ1) is 15.1. The first-order chi connectivity index (χ1) is 8.88. The summed E-state index contributed by atoms with van der Waals surface area (Å²) >= 11 is 5.75. The standard InChI is InChI=1S/C12H12ClNO5/c1-7(13)10(12(16)19-2)11(15)8-3-5-9(6-4-8)14(17)18/h3-6,11,15H,1-2H3/b10-7-. The maximum atomic E-state index is 11.5. The molecule has 1 unspecified atom stereocenters. The summed E-state index contributed by atoms with van der Waals surface area (Å²) in [6.07, 6.45) is -1.30. The zero-order valence-electron chi connectivity index (χ0n) is 10.3. The van der Waals surface area contributed by atoms with E-state index in [0.29, 0.717) is 5.56 Å². The highest BCUT2D eigenvalue weighted by atomic mass is 35.5. The lowest BCUT2D eigenvalue weighted by Crippen LogP contribution is -2.14. The molecule has 0 saturated heterocycles. The fourth-order valence-corrected chi connectivity index (χ4v) is 1.68. The van der Waals surface area contributed by atoms with Crippen LogP contribution < -0.4 is 0 Å². The maximum Gasteiger partial charge on any atom is 0.337 e. The molecule has 1 rings (SSSR count). The Bertz CT molecular complexity index is 519. The zero-order chi connectivity index (χ0) is 14.6. The van der Waals surface area contributed by atoms with Crippen molar-refractivity contribution in [3.8, 4) is 0 Å². The molecule has 1 atom stereocenters. The number of methoxy groups -OCH3 is 1. The number of esters is 1. The Morgan fingerprint density at radius 1 is 1.42 bits per heavy atom. The van der Waals surface area contributed by atoms with Gasteiger partial charge in [-0.05, 0) is 24.6 Å². The van der Waals surface area contributed by atoms with Gasteiger partial charge in [-0.15, -0.1) is 0 Å².